The third-order valence-electron chi connectivity index (χ3n) is 1.69. The van der Waals surface area contributed by atoms with Crippen molar-refractivity contribution in [3.05, 3.63) is 24.3 Å². The second-order valence-electron chi connectivity index (χ2n) is 3.55. The van der Waals surface area contributed by atoms with Crippen LogP contribution in [-0.4, -0.2) is 25.8 Å². The van der Waals surface area contributed by atoms with Gasteiger partial charge in [-0.25, -0.2) is 4.79 Å². The van der Waals surface area contributed by atoms with Crippen molar-refractivity contribution < 1.29 is 19.0 Å². The van der Waals surface area contributed by atoms with Gasteiger partial charge in [-0.1, -0.05) is 0 Å². The molecule has 0 heterocycles. The molecule has 1 aromatic carbocycles. The zero-order chi connectivity index (χ0) is 12.0. The summed E-state index contributed by atoms with van der Waals surface area (Å²) in [6.45, 7) is 3.85. The Morgan fingerprint density at radius 2 is 1.75 bits per heavy atom. The summed E-state index contributed by atoms with van der Waals surface area (Å²) in [5.41, 5.74) is 0. The maximum Gasteiger partial charge on any atom is 0.337 e. The van der Waals surface area contributed by atoms with Gasteiger partial charge in [-0.05, 0) is 38.1 Å². The molecule has 0 fully saturated rings. The lowest BCUT2D eigenvalue weighted by Gasteiger charge is -2.10. The standard InChI is InChI=1S/C12H16O4/c1-9(2)15-10-4-6-11(7-5-10)16-12(13)8-14-3/h4-7,9H,8H2,1-3H3. The van der Waals surface area contributed by atoms with Crippen LogP contribution >= 0.6 is 0 Å². The molecule has 0 aromatic heterocycles. The lowest BCUT2D eigenvalue weighted by Crippen LogP contribution is -2.14. The molecular formula is C12H16O4. The van der Waals surface area contributed by atoms with Gasteiger partial charge in [0, 0.05) is 7.11 Å². The van der Waals surface area contributed by atoms with Gasteiger partial charge >= 0.3 is 5.97 Å². The summed E-state index contributed by atoms with van der Waals surface area (Å²) in [6, 6.07) is 6.89. The molecule has 0 N–H and O–H groups in total. The van der Waals surface area contributed by atoms with Crippen LogP contribution < -0.4 is 9.47 Å². The van der Waals surface area contributed by atoms with Crippen molar-refractivity contribution in [3.8, 4) is 11.5 Å². The summed E-state index contributed by atoms with van der Waals surface area (Å²) < 4.78 is 15.1. The second kappa shape index (κ2) is 6.12. The van der Waals surface area contributed by atoms with Gasteiger partial charge in [0.1, 0.15) is 18.1 Å². The Bertz CT molecular complexity index is 329. The van der Waals surface area contributed by atoms with E-state index in [0.717, 1.165) is 5.75 Å². The Morgan fingerprint density at radius 3 is 2.25 bits per heavy atom. The molecule has 0 radical (unpaired) electrons. The first-order valence-corrected chi connectivity index (χ1v) is 5.08. The molecule has 0 bridgehead atoms. The number of hydrogen-bond donors (Lipinski definition) is 0. The number of benzene rings is 1. The average Bonchev–Trinajstić information content (AvgIpc) is 2.20. The van der Waals surface area contributed by atoms with Crippen molar-refractivity contribution in [1.82, 2.24) is 0 Å². The lowest BCUT2D eigenvalue weighted by molar-refractivity contribution is -0.138. The van der Waals surface area contributed by atoms with Crippen LogP contribution in [0.5, 0.6) is 11.5 Å². The fourth-order valence-corrected chi connectivity index (χ4v) is 1.14. The normalized spacial score (nSPS) is 10.2. The predicted molar refractivity (Wildman–Crippen MR) is 59.7 cm³/mol. The number of rotatable bonds is 5. The van der Waals surface area contributed by atoms with E-state index in [1.807, 2.05) is 13.8 Å². The number of hydrogen-bond acceptors (Lipinski definition) is 4. The van der Waals surface area contributed by atoms with E-state index in [2.05, 4.69) is 4.74 Å². The highest BCUT2D eigenvalue weighted by Gasteiger charge is 2.04. The molecule has 0 aliphatic heterocycles. The summed E-state index contributed by atoms with van der Waals surface area (Å²) in [4.78, 5) is 11.1. The Hall–Kier alpha value is -1.55. The molecule has 0 saturated heterocycles. The SMILES string of the molecule is COCC(=O)Oc1ccc(OC(C)C)cc1. The van der Waals surface area contributed by atoms with E-state index in [4.69, 9.17) is 9.47 Å². The molecule has 88 valence electrons. The van der Waals surface area contributed by atoms with E-state index in [-0.39, 0.29) is 12.7 Å². The lowest BCUT2D eigenvalue weighted by atomic mass is 10.3. The predicted octanol–water partition coefficient (Wildman–Crippen LogP) is 2.03. The Morgan fingerprint density at radius 1 is 1.19 bits per heavy atom. The van der Waals surface area contributed by atoms with Gasteiger partial charge in [0.15, 0.2) is 0 Å². The van der Waals surface area contributed by atoms with E-state index in [1.54, 1.807) is 24.3 Å². The van der Waals surface area contributed by atoms with Gasteiger partial charge in [0.2, 0.25) is 0 Å². The highest BCUT2D eigenvalue weighted by molar-refractivity contribution is 5.73. The molecular weight excluding hydrogens is 208 g/mol. The molecule has 16 heavy (non-hydrogen) atoms. The van der Waals surface area contributed by atoms with Crippen LogP contribution in [0.2, 0.25) is 0 Å². The van der Waals surface area contributed by atoms with E-state index < -0.39 is 5.97 Å². The minimum atomic E-state index is -0.417. The number of esters is 1. The Balaban J connectivity index is 2.54. The minimum Gasteiger partial charge on any atom is -0.491 e. The van der Waals surface area contributed by atoms with Gasteiger partial charge < -0.3 is 14.2 Å². The van der Waals surface area contributed by atoms with Crippen molar-refractivity contribution >= 4 is 5.97 Å². The maximum atomic E-state index is 11.1. The third-order valence-corrected chi connectivity index (χ3v) is 1.69. The monoisotopic (exact) mass is 224 g/mol. The van der Waals surface area contributed by atoms with E-state index in [1.165, 1.54) is 7.11 Å². The average molecular weight is 224 g/mol. The van der Waals surface area contributed by atoms with Gasteiger partial charge in [0.25, 0.3) is 0 Å². The maximum absolute atomic E-state index is 11.1. The zero-order valence-corrected chi connectivity index (χ0v) is 9.73. The molecule has 1 rings (SSSR count). The highest BCUT2D eigenvalue weighted by Crippen LogP contribution is 2.18. The van der Waals surface area contributed by atoms with Crippen LogP contribution in [0.1, 0.15) is 13.8 Å². The number of methoxy groups -OCH3 is 1. The number of carbonyl (C=O) groups is 1. The quantitative estimate of drug-likeness (QED) is 0.567. The van der Waals surface area contributed by atoms with E-state index >= 15 is 0 Å². The summed E-state index contributed by atoms with van der Waals surface area (Å²) in [6.07, 6.45) is 0.127. The molecule has 0 amide bonds. The van der Waals surface area contributed by atoms with Crippen LogP contribution in [0.3, 0.4) is 0 Å². The fourth-order valence-electron chi connectivity index (χ4n) is 1.14. The van der Waals surface area contributed by atoms with Gasteiger partial charge in [0.05, 0.1) is 6.10 Å². The highest BCUT2D eigenvalue weighted by atomic mass is 16.6. The first-order valence-electron chi connectivity index (χ1n) is 5.08. The van der Waals surface area contributed by atoms with Crippen molar-refractivity contribution in [3.63, 3.8) is 0 Å². The van der Waals surface area contributed by atoms with Crippen LogP contribution in [0.4, 0.5) is 0 Å². The summed E-state index contributed by atoms with van der Waals surface area (Å²) in [5.74, 6) is 0.819. The molecule has 0 atom stereocenters. The van der Waals surface area contributed by atoms with Crippen LogP contribution in [0.25, 0.3) is 0 Å². The third kappa shape index (κ3) is 4.31. The largest absolute Gasteiger partial charge is 0.491 e. The molecule has 0 aliphatic rings. The summed E-state index contributed by atoms with van der Waals surface area (Å²) in [7, 11) is 1.45. The minimum absolute atomic E-state index is 0.0513. The number of ether oxygens (including phenoxy) is 3. The number of carbonyl (C=O) groups excluding carboxylic acids is 1. The first kappa shape index (κ1) is 12.5. The van der Waals surface area contributed by atoms with Crippen LogP contribution in [0.15, 0.2) is 24.3 Å². The fraction of sp³-hybridized carbons (Fsp3) is 0.417. The zero-order valence-electron chi connectivity index (χ0n) is 9.73. The van der Waals surface area contributed by atoms with Gasteiger partial charge in [-0.15, -0.1) is 0 Å². The molecule has 0 saturated carbocycles. The van der Waals surface area contributed by atoms with Crippen molar-refractivity contribution in [1.29, 1.82) is 0 Å². The molecule has 4 nitrogen and oxygen atoms in total. The van der Waals surface area contributed by atoms with E-state index in [0.29, 0.717) is 5.75 Å². The summed E-state index contributed by atoms with van der Waals surface area (Å²) >= 11 is 0. The molecule has 4 heteroatoms. The van der Waals surface area contributed by atoms with Crippen molar-refractivity contribution in [2.45, 2.75) is 20.0 Å². The smallest absolute Gasteiger partial charge is 0.337 e. The second-order valence-corrected chi connectivity index (χ2v) is 3.55. The molecule has 0 unspecified atom stereocenters. The Kier molecular flexibility index (Phi) is 4.79. The Labute approximate surface area is 95.1 Å². The first-order chi connectivity index (χ1) is 7.61. The molecule has 0 spiro atoms. The van der Waals surface area contributed by atoms with Crippen molar-refractivity contribution in [2.75, 3.05) is 13.7 Å². The summed E-state index contributed by atoms with van der Waals surface area (Å²) in [5, 5.41) is 0. The van der Waals surface area contributed by atoms with Crippen LogP contribution in [-0.2, 0) is 9.53 Å². The molecule has 1 aromatic rings. The van der Waals surface area contributed by atoms with Gasteiger partial charge in [-0.2, -0.15) is 0 Å². The van der Waals surface area contributed by atoms with Crippen LogP contribution in [0, 0.1) is 0 Å². The van der Waals surface area contributed by atoms with Gasteiger partial charge in [-0.3, -0.25) is 0 Å². The molecule has 0 aliphatic carbocycles. The van der Waals surface area contributed by atoms with Crippen molar-refractivity contribution in [2.24, 2.45) is 0 Å². The topological polar surface area (TPSA) is 44.8 Å². The van der Waals surface area contributed by atoms with E-state index in [9.17, 15) is 4.79 Å².